The van der Waals surface area contributed by atoms with Crippen LogP contribution in [0.5, 0.6) is 11.5 Å². The van der Waals surface area contributed by atoms with E-state index in [1.54, 1.807) is 69.1 Å². The lowest BCUT2D eigenvalue weighted by Gasteiger charge is -2.20. The van der Waals surface area contributed by atoms with Crippen LogP contribution in [0.15, 0.2) is 46.2 Å². The van der Waals surface area contributed by atoms with Crippen LogP contribution in [0.1, 0.15) is 17.5 Å². The van der Waals surface area contributed by atoms with Gasteiger partial charge in [-0.25, -0.2) is 0 Å². The van der Waals surface area contributed by atoms with Crippen LogP contribution in [-0.2, 0) is 32.3 Å². The minimum absolute atomic E-state index is 0.374. The molecule has 0 spiro atoms. The first kappa shape index (κ1) is 33.2. The lowest BCUT2D eigenvalue weighted by atomic mass is 10.2. The van der Waals surface area contributed by atoms with E-state index < -0.39 is 23.6 Å². The number of fused-ring (bicyclic) bond motifs is 2. The van der Waals surface area contributed by atoms with Gasteiger partial charge in [0.1, 0.15) is 11.5 Å². The number of hydrogen-bond donors (Lipinski definition) is 2. The van der Waals surface area contributed by atoms with E-state index in [1.165, 1.54) is 0 Å². The van der Waals surface area contributed by atoms with Gasteiger partial charge < -0.3 is 29.9 Å². The third-order valence-electron chi connectivity index (χ3n) is 6.70. The van der Waals surface area contributed by atoms with Crippen molar-refractivity contribution in [2.75, 3.05) is 63.4 Å². The van der Waals surface area contributed by atoms with Crippen LogP contribution in [0, 0.1) is 0 Å². The molecule has 0 fully saturated rings. The zero-order chi connectivity index (χ0) is 30.6. The van der Waals surface area contributed by atoms with E-state index in [0.29, 0.717) is 51.4 Å². The van der Waals surface area contributed by atoms with E-state index in [9.17, 15) is 19.2 Å². The summed E-state index contributed by atoms with van der Waals surface area (Å²) >= 11 is 3.34. The Bertz CT molecular complexity index is 1220. The van der Waals surface area contributed by atoms with E-state index in [1.807, 2.05) is 36.4 Å². The Morgan fingerprint density at radius 3 is 1.74 bits per heavy atom. The molecule has 2 aliphatic heterocycles. The van der Waals surface area contributed by atoms with Gasteiger partial charge in [-0.15, -0.1) is 23.5 Å². The summed E-state index contributed by atoms with van der Waals surface area (Å²) in [6, 6.07) is 11.6. The van der Waals surface area contributed by atoms with Crippen molar-refractivity contribution in [1.82, 2.24) is 20.4 Å². The Morgan fingerprint density at radius 2 is 1.23 bits per heavy atom. The summed E-state index contributed by atoms with van der Waals surface area (Å²) < 4.78 is 10.6. The number of nitrogens with one attached hydrogen (secondary N) is 2. The molecule has 0 radical (unpaired) electrons. The molecule has 2 N–H and O–H groups in total. The van der Waals surface area contributed by atoms with Crippen molar-refractivity contribution in [2.24, 2.45) is 0 Å². The number of nitrogens with zero attached hydrogens (tertiary/aromatic N) is 2. The van der Waals surface area contributed by atoms with Gasteiger partial charge in [0.05, 0.1) is 14.2 Å². The third-order valence-corrected chi connectivity index (χ3v) is 11.4. The lowest BCUT2D eigenvalue weighted by molar-refractivity contribution is -0.146. The minimum Gasteiger partial charge on any atom is -0.497 e. The standard InChI is InChI=1S/C29H36N4O6S4/c1-38-22-4-6-24-20(16-22)18-32(10-14-40-24)28(36)26(34)30-8-3-12-42-43-13-9-31-27(35)29(37)33-11-15-41-25-7-5-23(39-2)17-21(25)19-33/h4-7,16-17H,3,8-15,18-19H2,1-2H3,(H,30,34)(H,31,35). The average Bonchev–Trinajstić information content (AvgIpc) is 3.38. The third kappa shape index (κ3) is 9.65. The van der Waals surface area contributed by atoms with Gasteiger partial charge in [0.2, 0.25) is 0 Å². The lowest BCUT2D eigenvalue weighted by Crippen LogP contribution is -2.43. The van der Waals surface area contributed by atoms with E-state index in [-0.39, 0.29) is 0 Å². The number of methoxy groups -OCH3 is 2. The second kappa shape index (κ2) is 17.0. The summed E-state index contributed by atoms with van der Waals surface area (Å²) in [6.45, 7) is 2.53. The molecule has 14 heteroatoms. The number of thioether (sulfide) groups is 2. The Hall–Kier alpha value is -2.68. The van der Waals surface area contributed by atoms with Gasteiger partial charge >= 0.3 is 23.6 Å². The minimum atomic E-state index is -0.597. The van der Waals surface area contributed by atoms with Gasteiger partial charge in [-0.3, -0.25) is 19.2 Å². The molecule has 2 aromatic rings. The molecule has 2 aromatic carbocycles. The highest BCUT2D eigenvalue weighted by molar-refractivity contribution is 8.76. The van der Waals surface area contributed by atoms with Crippen LogP contribution in [0.3, 0.4) is 0 Å². The van der Waals surface area contributed by atoms with Gasteiger partial charge in [-0.1, -0.05) is 21.6 Å². The summed E-state index contributed by atoms with van der Waals surface area (Å²) in [6.07, 6.45) is 0.705. The van der Waals surface area contributed by atoms with Crippen molar-refractivity contribution in [2.45, 2.75) is 29.3 Å². The van der Waals surface area contributed by atoms with Gasteiger partial charge in [0.15, 0.2) is 0 Å². The van der Waals surface area contributed by atoms with Gasteiger partial charge in [-0.05, 0) is 53.9 Å². The molecule has 4 amide bonds. The predicted octanol–water partition coefficient (Wildman–Crippen LogP) is 3.28. The molecule has 0 aliphatic carbocycles. The van der Waals surface area contributed by atoms with Crippen LogP contribution in [-0.4, -0.2) is 96.8 Å². The number of carbonyl (C=O) groups excluding carboxylic acids is 4. The largest absolute Gasteiger partial charge is 0.497 e. The topological polar surface area (TPSA) is 117 Å². The van der Waals surface area contributed by atoms with E-state index >= 15 is 0 Å². The molecule has 0 saturated heterocycles. The molecular formula is C29H36N4O6S4. The molecule has 232 valence electrons. The van der Waals surface area contributed by atoms with Gasteiger partial charge in [0.25, 0.3) is 0 Å². The number of benzene rings is 2. The maximum atomic E-state index is 12.8. The molecule has 4 rings (SSSR count). The summed E-state index contributed by atoms with van der Waals surface area (Å²) in [5.41, 5.74) is 1.95. The maximum absolute atomic E-state index is 12.8. The number of carbonyl (C=O) groups is 4. The van der Waals surface area contributed by atoms with Crippen molar-refractivity contribution in [3.05, 3.63) is 47.5 Å². The van der Waals surface area contributed by atoms with Gasteiger partial charge in [-0.2, -0.15) is 0 Å². The fraction of sp³-hybridized carbons (Fsp3) is 0.448. The first-order valence-electron chi connectivity index (χ1n) is 13.9. The summed E-state index contributed by atoms with van der Waals surface area (Å²) in [5.74, 6) is 2.08. The fourth-order valence-electron chi connectivity index (χ4n) is 4.44. The molecule has 10 nitrogen and oxygen atoms in total. The van der Waals surface area contributed by atoms with Crippen LogP contribution >= 0.6 is 45.1 Å². The number of rotatable bonds is 10. The molecule has 0 unspecified atom stereocenters. The highest BCUT2D eigenvalue weighted by Crippen LogP contribution is 2.31. The molecule has 2 aliphatic rings. The monoisotopic (exact) mass is 664 g/mol. The molecule has 2 heterocycles. The van der Waals surface area contributed by atoms with E-state index in [2.05, 4.69) is 10.6 Å². The fourth-order valence-corrected chi connectivity index (χ4v) is 8.44. The Balaban J connectivity index is 1.07. The molecule has 0 aromatic heterocycles. The van der Waals surface area contributed by atoms with Crippen molar-refractivity contribution in [1.29, 1.82) is 0 Å². The summed E-state index contributed by atoms with van der Waals surface area (Å²) in [7, 11) is 6.42. The number of hydrogen-bond acceptors (Lipinski definition) is 10. The van der Waals surface area contributed by atoms with Gasteiger partial charge in [0, 0.05) is 72.1 Å². The first-order valence-corrected chi connectivity index (χ1v) is 18.3. The smallest absolute Gasteiger partial charge is 0.312 e. The van der Waals surface area contributed by atoms with Crippen molar-refractivity contribution >= 4 is 68.7 Å². The molecule has 43 heavy (non-hydrogen) atoms. The van der Waals surface area contributed by atoms with Crippen LogP contribution < -0.4 is 20.1 Å². The summed E-state index contributed by atoms with van der Waals surface area (Å²) in [4.78, 5) is 55.8. The SMILES string of the molecule is COc1ccc2c(c1)CN(C(=O)C(=O)NCCCSSCCNC(=O)C(=O)N1CCSc3ccc(OC)cc3C1)CCS2. The maximum Gasteiger partial charge on any atom is 0.312 e. The molecule has 0 bridgehead atoms. The van der Waals surface area contributed by atoms with Crippen molar-refractivity contribution in [3.8, 4) is 11.5 Å². The van der Waals surface area contributed by atoms with Crippen molar-refractivity contribution in [3.63, 3.8) is 0 Å². The zero-order valence-corrected chi connectivity index (χ0v) is 27.5. The second-order valence-electron chi connectivity index (χ2n) is 9.61. The Morgan fingerprint density at radius 1 is 0.744 bits per heavy atom. The van der Waals surface area contributed by atoms with Crippen LogP contribution in [0.25, 0.3) is 0 Å². The first-order chi connectivity index (χ1) is 20.9. The van der Waals surface area contributed by atoms with Crippen molar-refractivity contribution < 1.29 is 28.7 Å². The highest BCUT2D eigenvalue weighted by atomic mass is 33.1. The predicted molar refractivity (Wildman–Crippen MR) is 174 cm³/mol. The number of ether oxygens (including phenoxy) is 2. The molecule has 0 atom stereocenters. The van der Waals surface area contributed by atoms with E-state index in [4.69, 9.17) is 9.47 Å². The molecular weight excluding hydrogens is 629 g/mol. The second-order valence-corrected chi connectivity index (χ2v) is 14.6. The molecule has 0 saturated carbocycles. The van der Waals surface area contributed by atoms with E-state index in [0.717, 1.165) is 49.7 Å². The Kier molecular flexibility index (Phi) is 13.1. The van der Waals surface area contributed by atoms with Crippen LogP contribution in [0.4, 0.5) is 0 Å². The van der Waals surface area contributed by atoms with Crippen LogP contribution in [0.2, 0.25) is 0 Å². The average molecular weight is 665 g/mol. The number of amides is 4. The quantitative estimate of drug-likeness (QED) is 0.223. The zero-order valence-electron chi connectivity index (χ0n) is 24.2. The summed E-state index contributed by atoms with van der Waals surface area (Å²) in [5, 5.41) is 5.45. The highest BCUT2D eigenvalue weighted by Gasteiger charge is 2.26. The Labute approximate surface area is 268 Å². The normalized spacial score (nSPS) is 14.5.